The predicted molar refractivity (Wildman–Crippen MR) is 451 cm³/mol. The smallest absolute Gasteiger partial charge is 0.134 e. The Hall–Kier alpha value is -9.20. The van der Waals surface area contributed by atoms with Crippen LogP contribution in [0.25, 0.3) is 53.9 Å². The van der Waals surface area contributed by atoms with E-state index in [0.29, 0.717) is 14.6 Å². The van der Waals surface area contributed by atoms with Crippen LogP contribution < -0.4 is 50.3 Å². The van der Waals surface area contributed by atoms with Crippen LogP contribution in [0.15, 0.2) is 299 Å². The lowest BCUT2D eigenvalue weighted by Crippen LogP contribution is -2.15. The molecule has 5 unspecified atom stereocenters. The standard InChI is InChI=1S/5C18H19NOS/c5*1-19-12-11-17(18-10-5-13-21-18)20-16-9-4-7-14-6-2-3-8-15(14)16/h5*2-10,13,17,19H,11-12H2,1H3/i1D3,2D,3D,4D,6D,7D,8D,9D,11D2,17D;1D3,2D,3D,4D,6D,7D,8D,9D,11D2,12D2;1D3,2D,3D,4D,6D,7D,8D,9D,17D;1D3,2D,3D,4D,6D,7D,8D,9D,12D2;1D3,2D,3D,4D,6D,7D,8D,9D,11D2. The van der Waals surface area contributed by atoms with Gasteiger partial charge in [0.1, 0.15) is 59.2 Å². The van der Waals surface area contributed by atoms with E-state index in [1.807, 2.05) is 10.6 Å². The maximum atomic E-state index is 8.95. The van der Waals surface area contributed by atoms with E-state index >= 15 is 0 Å². The Morgan fingerprint density at radius 3 is 1.00 bits per heavy atom. The van der Waals surface area contributed by atoms with Crippen molar-refractivity contribution in [3.63, 3.8) is 0 Å². The summed E-state index contributed by atoms with van der Waals surface area (Å²) in [5, 5.41) is 14.6. The van der Waals surface area contributed by atoms with Crippen molar-refractivity contribution in [2.75, 3.05) is 67.5 Å². The van der Waals surface area contributed by atoms with Crippen LogP contribution in [0.4, 0.5) is 0 Å². The summed E-state index contributed by atoms with van der Waals surface area (Å²) in [4.78, 5) is 1.25. The minimum Gasteiger partial charge on any atom is -0.484 e. The third kappa shape index (κ3) is 22.4. The molecule has 0 fully saturated rings. The van der Waals surface area contributed by atoms with Gasteiger partial charge in [0.15, 0.2) is 0 Å². The molecule has 0 saturated heterocycles. The van der Waals surface area contributed by atoms with Gasteiger partial charge in [-0.3, -0.25) is 0 Å². The first-order valence-electron chi connectivity index (χ1n) is 61.4. The molecule has 0 saturated carbocycles. The Morgan fingerprint density at radius 1 is 0.305 bits per heavy atom. The van der Waals surface area contributed by atoms with Gasteiger partial charge in [0.2, 0.25) is 0 Å². The van der Waals surface area contributed by atoms with Crippen molar-refractivity contribution in [3.05, 3.63) is 323 Å². The van der Waals surface area contributed by atoms with E-state index < -0.39 is 379 Å². The van der Waals surface area contributed by atoms with E-state index in [4.69, 9.17) is 109 Å². The molecule has 0 radical (unpaired) electrons. The number of fused-ring (bicyclic) bond motifs is 5. The van der Waals surface area contributed by atoms with E-state index in [1.54, 1.807) is 57.9 Å². The lowest BCUT2D eigenvalue weighted by molar-refractivity contribution is 0.201. The second-order valence-electron chi connectivity index (χ2n) is 20.0. The number of hydrogen-bond acceptors (Lipinski definition) is 15. The van der Waals surface area contributed by atoms with Crippen molar-refractivity contribution in [2.45, 2.75) is 62.4 Å². The van der Waals surface area contributed by atoms with Gasteiger partial charge in [-0.25, -0.2) is 0 Å². The fourth-order valence-electron chi connectivity index (χ4n) is 8.82. The molecule has 5 N–H and O–H groups in total. The Morgan fingerprint density at radius 2 is 0.610 bits per heavy atom. The average molecular weight is 1550 g/mol. The van der Waals surface area contributed by atoms with Crippen molar-refractivity contribution < 1.29 is 109 Å². The lowest BCUT2D eigenvalue weighted by atomic mass is 10.1. The molecule has 0 aliphatic carbocycles. The maximum Gasteiger partial charge on any atom is 0.134 e. The SMILES string of the molecule is [2H]c1c([2H])c([2H])c2c(OC(CC([2H])([2H])NC([2H])([2H])[2H])c3cccs3)c([2H])c([2H])c([2H])c2c1[2H].[2H]c1c([2H])c([2H])c2c(OC([2H])(CCNC([2H])([2H])[2H])c3cccs3)c([2H])c([2H])c([2H])c2c1[2H].[2H]c1c([2H])c([2H])c2c(OC([2H])(c3cccs3)C([2H])([2H])CNC([2H])([2H])[2H])c([2H])c([2H])c([2H])c2c1[2H].[2H]c1c([2H])c([2H])c2c(OC(c3cccs3)C([2H])([2H])C([2H])([2H])NC([2H])([2H])[2H])c([2H])c([2H])c([2H])c2c1[2H].[2H]c1c([2H])c([2H])c2c(OC(c3cccs3)C([2H])([2H])CNC([2H])([2H])[2H])c([2H])c([2H])c([2H])c2c1[2H]. The minimum atomic E-state index is -3.20. The lowest BCUT2D eigenvalue weighted by Gasteiger charge is -2.19. The Labute approximate surface area is 726 Å². The minimum absolute atomic E-state index is 0.0142. The summed E-state index contributed by atoms with van der Waals surface area (Å²) in [5.74, 6) is -2.63. The molecule has 0 bridgehead atoms. The zero-order valence-corrected chi connectivity index (χ0v) is 58.1. The quantitative estimate of drug-likeness (QED) is 0.0299. The third-order valence-electron chi connectivity index (χ3n) is 13.4. The van der Waals surface area contributed by atoms with Crippen LogP contribution >= 0.6 is 56.7 Å². The fraction of sp³-hybridized carbons (Fsp3) is 0.222. The van der Waals surface area contributed by atoms with Gasteiger partial charge in [-0.15, -0.1) is 56.7 Å². The molecule has 0 amide bonds. The van der Waals surface area contributed by atoms with Crippen molar-refractivity contribution in [1.82, 2.24) is 26.6 Å². The van der Waals surface area contributed by atoms with Crippen LogP contribution in [0, 0.1) is 0 Å². The number of thiophene rings is 5. The molecule has 540 valence electrons. The summed E-state index contributed by atoms with van der Waals surface area (Å²) in [6.45, 7) is -20.9. The zero-order valence-electron chi connectivity index (χ0n) is 116. The molecule has 0 aliphatic heterocycles. The average Bonchev–Trinajstić information content (AvgIpc) is 1.24. The van der Waals surface area contributed by atoms with Crippen molar-refractivity contribution in [2.24, 2.45) is 0 Å². The molecular weight excluding hydrogens is 1390 g/mol. The Bertz CT molecular complexity index is 8220. The highest BCUT2D eigenvalue weighted by atomic mass is 32.1. The van der Waals surface area contributed by atoms with Gasteiger partial charge in [-0.05, 0) is 182 Å². The van der Waals surface area contributed by atoms with Crippen molar-refractivity contribution >= 4 is 111 Å². The van der Waals surface area contributed by atoms with Gasteiger partial charge in [-0.1, -0.05) is 212 Å². The third-order valence-corrected chi connectivity index (χ3v) is 18.0. The zero-order chi connectivity index (χ0) is 126. The molecule has 5 atom stereocenters. The van der Waals surface area contributed by atoms with Crippen LogP contribution in [-0.2, 0) is 0 Å². The summed E-state index contributed by atoms with van der Waals surface area (Å²) in [7, 11) is 0. The van der Waals surface area contributed by atoms with Crippen LogP contribution in [-0.4, -0.2) is 67.5 Å². The molecule has 0 aliphatic rings. The maximum absolute atomic E-state index is 8.95. The summed E-state index contributed by atoms with van der Waals surface area (Å²) >= 11 is 5.33. The molecule has 15 heteroatoms. The van der Waals surface area contributed by atoms with E-state index in [2.05, 4.69) is 10.6 Å². The molecule has 0 spiro atoms. The summed E-state index contributed by atoms with van der Waals surface area (Å²) in [6.07, 6.45) is -18.0. The number of benzene rings is 10. The normalized spacial score (nSPS) is 22.8. The predicted octanol–water partition coefficient (Wildman–Crippen LogP) is 23.2. The highest BCUT2D eigenvalue weighted by molar-refractivity contribution is 7.11. The largest absolute Gasteiger partial charge is 0.484 e. The van der Waals surface area contributed by atoms with E-state index in [0.717, 1.165) is 45.3 Å². The van der Waals surface area contributed by atoms with Gasteiger partial charge in [0, 0.05) is 118 Å². The van der Waals surface area contributed by atoms with Gasteiger partial charge in [0.05, 0.1) is 50.7 Å². The van der Waals surface area contributed by atoms with Crippen LogP contribution in [0.2, 0.25) is 0 Å². The van der Waals surface area contributed by atoms with Crippen LogP contribution in [0.3, 0.4) is 0 Å². The second-order valence-corrected chi connectivity index (χ2v) is 24.8. The van der Waals surface area contributed by atoms with Crippen LogP contribution in [0.5, 0.6) is 28.7 Å². The van der Waals surface area contributed by atoms with E-state index in [1.165, 1.54) is 46.4 Å². The first-order valence-corrected chi connectivity index (χ1v) is 34.8. The fourth-order valence-corrected chi connectivity index (χ4v) is 12.4. The molecule has 10 aromatic carbocycles. The van der Waals surface area contributed by atoms with Crippen molar-refractivity contribution in [1.29, 1.82) is 0 Å². The van der Waals surface area contributed by atoms with E-state index in [-0.39, 0.29) is 55.0 Å². The van der Waals surface area contributed by atoms with E-state index in [9.17, 15) is 0 Å². The van der Waals surface area contributed by atoms with Gasteiger partial charge >= 0.3 is 0 Å². The number of hydrogen-bond donors (Lipinski definition) is 5. The Balaban J connectivity index is 0.000000195. The molecule has 5 heterocycles. The summed E-state index contributed by atoms with van der Waals surface area (Å²) in [6, 6.07) is -6.61. The first-order chi connectivity index (χ1) is 76.5. The number of ether oxygens (including phenoxy) is 5. The molecule has 15 rings (SSSR count). The van der Waals surface area contributed by atoms with Gasteiger partial charge in [0.25, 0.3) is 0 Å². The van der Waals surface area contributed by atoms with Crippen molar-refractivity contribution in [3.8, 4) is 28.7 Å². The highest BCUT2D eigenvalue weighted by Crippen LogP contribution is 2.38. The number of rotatable bonds is 30. The van der Waals surface area contributed by atoms with Crippen LogP contribution in [0.1, 0.15) is 172 Å². The van der Waals surface area contributed by atoms with Gasteiger partial charge in [-0.2, -0.15) is 0 Å². The molecule has 15 aromatic rings. The molecule has 105 heavy (non-hydrogen) atoms. The Kier molecular flexibility index (Phi) is 12.3. The highest BCUT2D eigenvalue weighted by Gasteiger charge is 2.21. The van der Waals surface area contributed by atoms with Gasteiger partial charge < -0.3 is 50.3 Å². The number of nitrogens with one attached hydrogen (secondary N) is 5. The summed E-state index contributed by atoms with van der Waals surface area (Å²) < 4.78 is 524. The molecule has 5 aromatic heterocycles. The first kappa shape index (κ1) is 30.6. The summed E-state index contributed by atoms with van der Waals surface area (Å²) in [5.41, 5.74) is 0. The second kappa shape index (κ2) is 42.1. The molecular formula is C90H95N5O5S5. The molecule has 10 nitrogen and oxygen atoms in total. The topological polar surface area (TPSA) is 106 Å². The monoisotopic (exact) mass is 1550 g/mol.